The van der Waals surface area contributed by atoms with Crippen molar-refractivity contribution in [1.82, 2.24) is 0 Å². The molecule has 2 fully saturated rings. The maximum atomic E-state index is 9.85. The lowest BCUT2D eigenvalue weighted by Gasteiger charge is -1.82. The Morgan fingerprint density at radius 1 is 1.17 bits per heavy atom. The Labute approximate surface area is 72.4 Å². The molecular formula is C9H16O3. The van der Waals surface area contributed by atoms with E-state index in [0.29, 0.717) is 24.9 Å². The molecule has 0 unspecified atom stereocenters. The minimum atomic E-state index is -0.650. The lowest BCUT2D eigenvalue weighted by molar-refractivity contribution is -0.137. The van der Waals surface area contributed by atoms with Crippen molar-refractivity contribution in [1.29, 1.82) is 0 Å². The van der Waals surface area contributed by atoms with Crippen molar-refractivity contribution in [3.05, 3.63) is 0 Å². The maximum Gasteiger partial charge on any atom is 0.303 e. The highest BCUT2D eigenvalue weighted by Crippen LogP contribution is 2.31. The van der Waals surface area contributed by atoms with Crippen LogP contribution >= 0.6 is 0 Å². The molecule has 0 atom stereocenters. The predicted octanol–water partition coefficient (Wildman–Crippen LogP) is 1.26. The van der Waals surface area contributed by atoms with E-state index in [4.69, 9.17) is 10.2 Å². The highest BCUT2D eigenvalue weighted by Gasteiger charge is 2.23. The van der Waals surface area contributed by atoms with Crippen LogP contribution in [-0.2, 0) is 4.79 Å². The summed E-state index contributed by atoms with van der Waals surface area (Å²) in [7, 11) is 0. The van der Waals surface area contributed by atoms with E-state index in [1.807, 2.05) is 0 Å². The van der Waals surface area contributed by atoms with Gasteiger partial charge in [0.25, 0.3) is 0 Å². The SMILES string of the molecule is O=C(O)CC1CC1.OCC1CC1. The van der Waals surface area contributed by atoms with Gasteiger partial charge in [0.1, 0.15) is 0 Å². The van der Waals surface area contributed by atoms with E-state index in [0.717, 1.165) is 12.8 Å². The molecule has 2 aliphatic rings. The highest BCUT2D eigenvalue weighted by molar-refractivity contribution is 5.67. The van der Waals surface area contributed by atoms with Gasteiger partial charge in [-0.05, 0) is 37.5 Å². The molecule has 3 heteroatoms. The van der Waals surface area contributed by atoms with E-state index in [2.05, 4.69) is 0 Å². The molecule has 0 saturated heterocycles. The highest BCUT2D eigenvalue weighted by atomic mass is 16.4. The number of aliphatic hydroxyl groups excluding tert-OH is 1. The second-order valence-corrected chi connectivity index (χ2v) is 3.67. The average molecular weight is 172 g/mol. The zero-order valence-electron chi connectivity index (χ0n) is 7.20. The Morgan fingerprint density at radius 3 is 1.75 bits per heavy atom. The number of aliphatic carboxylic acids is 1. The van der Waals surface area contributed by atoms with E-state index in [1.54, 1.807) is 0 Å². The quantitative estimate of drug-likeness (QED) is 0.673. The predicted molar refractivity (Wildman–Crippen MR) is 44.8 cm³/mol. The molecule has 3 nitrogen and oxygen atoms in total. The Balaban J connectivity index is 0.000000127. The number of aliphatic hydroxyl groups is 1. The topological polar surface area (TPSA) is 57.5 Å². The number of carboxylic acids is 1. The van der Waals surface area contributed by atoms with Crippen molar-refractivity contribution in [2.45, 2.75) is 32.1 Å². The largest absolute Gasteiger partial charge is 0.481 e. The van der Waals surface area contributed by atoms with Crippen LogP contribution in [0.4, 0.5) is 0 Å². The summed E-state index contributed by atoms with van der Waals surface area (Å²) in [5.74, 6) is 0.565. The number of carboxylic acid groups (broad SMARTS) is 1. The molecular weight excluding hydrogens is 156 g/mol. The minimum absolute atomic E-state index is 0.389. The van der Waals surface area contributed by atoms with Crippen LogP contribution in [0.1, 0.15) is 32.1 Å². The van der Waals surface area contributed by atoms with Crippen molar-refractivity contribution < 1.29 is 15.0 Å². The first-order chi connectivity index (χ1) is 5.72. The first kappa shape index (κ1) is 9.52. The fraction of sp³-hybridized carbons (Fsp3) is 0.889. The van der Waals surface area contributed by atoms with Gasteiger partial charge in [-0.25, -0.2) is 0 Å². The Hall–Kier alpha value is -0.570. The van der Waals surface area contributed by atoms with Crippen molar-refractivity contribution >= 4 is 5.97 Å². The van der Waals surface area contributed by atoms with Crippen molar-refractivity contribution in [3.63, 3.8) is 0 Å². The van der Waals surface area contributed by atoms with Crippen LogP contribution in [0.5, 0.6) is 0 Å². The number of rotatable bonds is 3. The van der Waals surface area contributed by atoms with E-state index in [-0.39, 0.29) is 0 Å². The van der Waals surface area contributed by atoms with Gasteiger partial charge in [0, 0.05) is 13.0 Å². The Morgan fingerprint density at radius 2 is 1.67 bits per heavy atom. The van der Waals surface area contributed by atoms with E-state index in [1.165, 1.54) is 12.8 Å². The van der Waals surface area contributed by atoms with E-state index < -0.39 is 5.97 Å². The molecule has 2 N–H and O–H groups in total. The summed E-state index contributed by atoms with van der Waals surface area (Å²) in [5, 5.41) is 16.3. The Bertz CT molecular complexity index is 148. The van der Waals surface area contributed by atoms with Gasteiger partial charge in [-0.1, -0.05) is 0 Å². The molecule has 0 amide bonds. The molecule has 2 rings (SSSR count). The fourth-order valence-corrected chi connectivity index (χ4v) is 0.869. The molecule has 0 heterocycles. The fourth-order valence-electron chi connectivity index (χ4n) is 0.869. The molecule has 0 aromatic rings. The number of hydrogen-bond acceptors (Lipinski definition) is 2. The van der Waals surface area contributed by atoms with Crippen LogP contribution in [0.15, 0.2) is 0 Å². The molecule has 0 aromatic heterocycles. The molecule has 70 valence electrons. The first-order valence-electron chi connectivity index (χ1n) is 4.55. The van der Waals surface area contributed by atoms with Gasteiger partial charge < -0.3 is 10.2 Å². The lowest BCUT2D eigenvalue weighted by Crippen LogP contribution is -1.93. The molecule has 2 saturated carbocycles. The summed E-state index contributed by atoms with van der Waals surface area (Å²) < 4.78 is 0. The molecule has 0 aliphatic heterocycles. The van der Waals surface area contributed by atoms with Crippen molar-refractivity contribution in [2.24, 2.45) is 11.8 Å². The van der Waals surface area contributed by atoms with E-state index >= 15 is 0 Å². The average Bonchev–Trinajstić information content (AvgIpc) is 2.83. The lowest BCUT2D eigenvalue weighted by atomic mass is 10.3. The first-order valence-corrected chi connectivity index (χ1v) is 4.55. The molecule has 0 radical (unpaired) electrons. The molecule has 0 aromatic carbocycles. The minimum Gasteiger partial charge on any atom is -0.481 e. The third-order valence-electron chi connectivity index (χ3n) is 2.12. The second kappa shape index (κ2) is 4.45. The maximum absolute atomic E-state index is 9.85. The van der Waals surface area contributed by atoms with Crippen LogP contribution in [0.2, 0.25) is 0 Å². The normalized spacial score (nSPS) is 21.1. The van der Waals surface area contributed by atoms with Crippen LogP contribution < -0.4 is 0 Å². The summed E-state index contributed by atoms with van der Waals surface area (Å²) in [5.41, 5.74) is 0. The number of carbonyl (C=O) groups is 1. The molecule has 0 bridgehead atoms. The summed E-state index contributed by atoms with van der Waals surface area (Å²) in [4.78, 5) is 9.85. The van der Waals surface area contributed by atoms with Crippen LogP contribution in [0.3, 0.4) is 0 Å². The summed E-state index contributed by atoms with van der Waals surface area (Å²) >= 11 is 0. The van der Waals surface area contributed by atoms with Crippen LogP contribution in [-0.4, -0.2) is 22.8 Å². The Kier molecular flexibility index (Phi) is 3.53. The summed E-state index contributed by atoms with van der Waals surface area (Å²) in [6.07, 6.45) is 5.17. The van der Waals surface area contributed by atoms with Crippen molar-refractivity contribution in [2.75, 3.05) is 6.61 Å². The van der Waals surface area contributed by atoms with Gasteiger partial charge in [0.15, 0.2) is 0 Å². The smallest absolute Gasteiger partial charge is 0.303 e. The monoisotopic (exact) mass is 172 g/mol. The van der Waals surface area contributed by atoms with E-state index in [9.17, 15) is 4.79 Å². The molecule has 0 spiro atoms. The van der Waals surface area contributed by atoms with Gasteiger partial charge in [-0.15, -0.1) is 0 Å². The zero-order valence-corrected chi connectivity index (χ0v) is 7.20. The number of hydrogen-bond donors (Lipinski definition) is 2. The molecule has 2 aliphatic carbocycles. The van der Waals surface area contributed by atoms with Gasteiger partial charge in [0.2, 0.25) is 0 Å². The van der Waals surface area contributed by atoms with Gasteiger partial charge in [-0.2, -0.15) is 0 Å². The van der Waals surface area contributed by atoms with Crippen LogP contribution in [0.25, 0.3) is 0 Å². The van der Waals surface area contributed by atoms with Crippen LogP contribution in [0, 0.1) is 11.8 Å². The summed E-state index contributed by atoms with van der Waals surface area (Å²) in [6.45, 7) is 0.417. The standard InChI is InChI=1S/C5H8O2.C4H8O/c6-5(7)3-4-1-2-4;5-3-4-1-2-4/h4H,1-3H2,(H,6,7);4-5H,1-3H2. The third kappa shape index (κ3) is 5.13. The molecule has 12 heavy (non-hydrogen) atoms. The van der Waals surface area contributed by atoms with Gasteiger partial charge >= 0.3 is 5.97 Å². The third-order valence-corrected chi connectivity index (χ3v) is 2.12. The van der Waals surface area contributed by atoms with Gasteiger partial charge in [-0.3, -0.25) is 4.79 Å². The van der Waals surface area contributed by atoms with Crippen molar-refractivity contribution in [3.8, 4) is 0 Å². The summed E-state index contributed by atoms with van der Waals surface area (Å²) in [6, 6.07) is 0. The zero-order chi connectivity index (χ0) is 8.97. The second-order valence-electron chi connectivity index (χ2n) is 3.67. The van der Waals surface area contributed by atoms with Gasteiger partial charge in [0.05, 0.1) is 0 Å².